The number of rotatable bonds is 2. The van der Waals surface area contributed by atoms with E-state index >= 15 is 0 Å². The summed E-state index contributed by atoms with van der Waals surface area (Å²) >= 11 is 5.96. The molecule has 24 heavy (non-hydrogen) atoms. The smallest absolute Gasteiger partial charge is 0.253 e. The number of piperidine rings is 1. The molecule has 0 aromatic heterocycles. The molecule has 0 saturated carbocycles. The van der Waals surface area contributed by atoms with Gasteiger partial charge in [-0.2, -0.15) is 0 Å². The Morgan fingerprint density at radius 3 is 2.29 bits per heavy atom. The summed E-state index contributed by atoms with van der Waals surface area (Å²) in [5, 5.41) is 0.570. The van der Waals surface area contributed by atoms with Crippen LogP contribution in [0, 0.1) is 5.92 Å². The quantitative estimate of drug-likeness (QED) is 0.820. The van der Waals surface area contributed by atoms with Crippen LogP contribution in [0.1, 0.15) is 23.2 Å². The number of benzene rings is 1. The predicted octanol–water partition coefficient (Wildman–Crippen LogP) is 1.97. The highest BCUT2D eigenvalue weighted by Crippen LogP contribution is 2.22. The zero-order valence-corrected chi connectivity index (χ0v) is 14.8. The summed E-state index contributed by atoms with van der Waals surface area (Å²) in [6, 6.07) is 7.04. The van der Waals surface area contributed by atoms with Crippen LogP contribution in [0.5, 0.6) is 0 Å². The summed E-state index contributed by atoms with van der Waals surface area (Å²) in [6.45, 7) is 4.79. The van der Waals surface area contributed by atoms with Crippen LogP contribution >= 0.6 is 11.6 Å². The summed E-state index contributed by atoms with van der Waals surface area (Å²) in [5.74, 6) is 0.317. The number of likely N-dealkylation sites (tertiary alicyclic amines) is 1. The van der Waals surface area contributed by atoms with Crippen molar-refractivity contribution in [2.45, 2.75) is 12.8 Å². The number of halogens is 1. The van der Waals surface area contributed by atoms with E-state index in [0.717, 1.165) is 39.0 Å². The summed E-state index contributed by atoms with van der Waals surface area (Å²) in [5.41, 5.74) is 0.617. The van der Waals surface area contributed by atoms with Crippen LogP contribution in [-0.4, -0.2) is 72.8 Å². The van der Waals surface area contributed by atoms with Gasteiger partial charge in [0.15, 0.2) is 0 Å². The van der Waals surface area contributed by atoms with E-state index in [2.05, 4.69) is 11.9 Å². The van der Waals surface area contributed by atoms with Gasteiger partial charge in [-0.05, 0) is 38.1 Å². The van der Waals surface area contributed by atoms with Crippen LogP contribution in [0.4, 0.5) is 0 Å². The lowest BCUT2D eigenvalue weighted by molar-refractivity contribution is -0.138. The number of hydrogen-bond acceptors (Lipinski definition) is 3. The van der Waals surface area contributed by atoms with Gasteiger partial charge in [-0.1, -0.05) is 17.7 Å². The van der Waals surface area contributed by atoms with Crippen LogP contribution in [0.15, 0.2) is 24.3 Å². The largest absolute Gasteiger partial charge is 0.340 e. The first kappa shape index (κ1) is 17.2. The number of likely N-dealkylation sites (N-methyl/N-ethyl adjacent to an activating group) is 1. The highest BCUT2D eigenvalue weighted by Gasteiger charge is 2.31. The zero-order valence-electron chi connectivity index (χ0n) is 14.1. The van der Waals surface area contributed by atoms with Gasteiger partial charge in [0.05, 0.1) is 0 Å². The number of hydrogen-bond donors (Lipinski definition) is 0. The Morgan fingerprint density at radius 1 is 1.00 bits per heavy atom. The van der Waals surface area contributed by atoms with Crippen LogP contribution < -0.4 is 0 Å². The van der Waals surface area contributed by atoms with Gasteiger partial charge in [0.25, 0.3) is 5.91 Å². The van der Waals surface area contributed by atoms with Crippen LogP contribution in [0.25, 0.3) is 0 Å². The fourth-order valence-corrected chi connectivity index (χ4v) is 3.61. The third-order valence-electron chi connectivity index (χ3n) is 5.02. The standard InChI is InChI=1S/C18H24ClN3O2/c1-20-9-11-22(12-10-20)17(23)14-5-7-21(8-6-14)18(24)15-3-2-4-16(19)13-15/h2-4,13-14H,5-12H2,1H3. The molecular formula is C18H24ClN3O2. The Labute approximate surface area is 148 Å². The number of nitrogens with zero attached hydrogens (tertiary/aromatic N) is 3. The molecule has 0 bridgehead atoms. The molecule has 2 aliphatic rings. The highest BCUT2D eigenvalue weighted by atomic mass is 35.5. The Bertz CT molecular complexity index is 606. The molecule has 2 heterocycles. The van der Waals surface area contributed by atoms with Crippen molar-refractivity contribution in [1.82, 2.24) is 14.7 Å². The lowest BCUT2D eigenvalue weighted by Crippen LogP contribution is -2.51. The minimum absolute atomic E-state index is 0.00277. The summed E-state index contributed by atoms with van der Waals surface area (Å²) < 4.78 is 0. The van der Waals surface area contributed by atoms with Crippen molar-refractivity contribution in [1.29, 1.82) is 0 Å². The molecule has 0 radical (unpaired) electrons. The lowest BCUT2D eigenvalue weighted by atomic mass is 9.94. The van der Waals surface area contributed by atoms with Crippen molar-refractivity contribution in [3.8, 4) is 0 Å². The van der Waals surface area contributed by atoms with Gasteiger partial charge < -0.3 is 14.7 Å². The second-order valence-electron chi connectivity index (χ2n) is 6.71. The Kier molecular flexibility index (Phi) is 5.41. The molecule has 0 aliphatic carbocycles. The molecular weight excluding hydrogens is 326 g/mol. The number of piperazine rings is 1. The maximum atomic E-state index is 12.6. The zero-order chi connectivity index (χ0) is 17.1. The Morgan fingerprint density at radius 2 is 1.67 bits per heavy atom. The van der Waals surface area contributed by atoms with Crippen molar-refractivity contribution in [3.63, 3.8) is 0 Å². The maximum Gasteiger partial charge on any atom is 0.253 e. The second kappa shape index (κ2) is 7.53. The second-order valence-corrected chi connectivity index (χ2v) is 7.14. The average Bonchev–Trinajstić information content (AvgIpc) is 2.61. The van der Waals surface area contributed by atoms with Gasteiger partial charge in [-0.15, -0.1) is 0 Å². The van der Waals surface area contributed by atoms with Crippen LogP contribution in [0.3, 0.4) is 0 Å². The summed E-state index contributed by atoms with van der Waals surface area (Å²) in [4.78, 5) is 31.2. The van der Waals surface area contributed by atoms with E-state index < -0.39 is 0 Å². The van der Waals surface area contributed by atoms with Gasteiger partial charge in [-0.25, -0.2) is 0 Å². The van der Waals surface area contributed by atoms with Crippen molar-refractivity contribution < 1.29 is 9.59 Å². The van der Waals surface area contributed by atoms with Gasteiger partial charge in [0.2, 0.25) is 5.91 Å². The van der Waals surface area contributed by atoms with Gasteiger partial charge in [-0.3, -0.25) is 9.59 Å². The first-order valence-corrected chi connectivity index (χ1v) is 8.94. The lowest BCUT2D eigenvalue weighted by Gasteiger charge is -2.37. The minimum atomic E-state index is 0.00277. The van der Waals surface area contributed by atoms with Crippen LogP contribution in [0.2, 0.25) is 5.02 Å². The van der Waals surface area contributed by atoms with E-state index in [1.54, 1.807) is 24.3 Å². The summed E-state index contributed by atoms with van der Waals surface area (Å²) in [6.07, 6.45) is 1.49. The molecule has 1 aromatic carbocycles. The number of carbonyl (C=O) groups excluding carboxylic acids is 2. The normalized spacial score (nSPS) is 20.2. The first-order valence-electron chi connectivity index (χ1n) is 8.57. The molecule has 5 nitrogen and oxygen atoms in total. The van der Waals surface area contributed by atoms with Gasteiger partial charge >= 0.3 is 0 Å². The third-order valence-corrected chi connectivity index (χ3v) is 5.25. The molecule has 0 unspecified atom stereocenters. The molecule has 6 heteroatoms. The highest BCUT2D eigenvalue weighted by molar-refractivity contribution is 6.30. The average molecular weight is 350 g/mol. The molecule has 2 aliphatic heterocycles. The number of carbonyl (C=O) groups is 2. The van der Waals surface area contributed by atoms with E-state index in [9.17, 15) is 9.59 Å². The molecule has 2 saturated heterocycles. The van der Waals surface area contributed by atoms with Crippen molar-refractivity contribution in [2.75, 3.05) is 46.3 Å². The number of amides is 2. The van der Waals surface area contributed by atoms with E-state index in [0.29, 0.717) is 23.7 Å². The van der Waals surface area contributed by atoms with E-state index in [1.165, 1.54) is 0 Å². The SMILES string of the molecule is CN1CCN(C(=O)C2CCN(C(=O)c3cccc(Cl)c3)CC2)CC1. The molecule has 2 amide bonds. The van der Waals surface area contributed by atoms with Crippen molar-refractivity contribution in [2.24, 2.45) is 5.92 Å². The summed E-state index contributed by atoms with van der Waals surface area (Å²) in [7, 11) is 2.09. The Balaban J connectivity index is 1.54. The van der Waals surface area contributed by atoms with Gasteiger partial charge in [0, 0.05) is 55.8 Å². The molecule has 3 rings (SSSR count). The molecule has 0 N–H and O–H groups in total. The minimum Gasteiger partial charge on any atom is -0.340 e. The molecule has 0 spiro atoms. The fraction of sp³-hybridized carbons (Fsp3) is 0.556. The first-order chi connectivity index (χ1) is 11.5. The van der Waals surface area contributed by atoms with Crippen molar-refractivity contribution in [3.05, 3.63) is 34.9 Å². The van der Waals surface area contributed by atoms with Crippen molar-refractivity contribution >= 4 is 23.4 Å². The van der Waals surface area contributed by atoms with E-state index in [1.807, 2.05) is 9.80 Å². The van der Waals surface area contributed by atoms with Crippen LogP contribution in [-0.2, 0) is 4.79 Å². The van der Waals surface area contributed by atoms with E-state index in [4.69, 9.17) is 11.6 Å². The molecule has 0 atom stereocenters. The third kappa shape index (κ3) is 3.90. The monoisotopic (exact) mass is 349 g/mol. The maximum absolute atomic E-state index is 12.6. The predicted molar refractivity (Wildman–Crippen MR) is 94.2 cm³/mol. The fourth-order valence-electron chi connectivity index (χ4n) is 3.42. The molecule has 2 fully saturated rings. The molecule has 1 aromatic rings. The topological polar surface area (TPSA) is 43.9 Å². The Hall–Kier alpha value is -1.59. The molecule has 130 valence electrons. The van der Waals surface area contributed by atoms with E-state index in [-0.39, 0.29) is 17.7 Å². The van der Waals surface area contributed by atoms with Gasteiger partial charge in [0.1, 0.15) is 0 Å².